The van der Waals surface area contributed by atoms with E-state index in [1.807, 2.05) is 26.0 Å². The van der Waals surface area contributed by atoms with Crippen molar-refractivity contribution in [2.75, 3.05) is 0 Å². The Morgan fingerprint density at radius 2 is 2.22 bits per heavy atom. The number of nitrogens with zero attached hydrogens (tertiary/aromatic N) is 2. The van der Waals surface area contributed by atoms with Gasteiger partial charge in [0.2, 0.25) is 0 Å². The highest BCUT2D eigenvalue weighted by Gasteiger charge is 2.13. The van der Waals surface area contributed by atoms with Crippen molar-refractivity contribution in [3.8, 4) is 0 Å². The summed E-state index contributed by atoms with van der Waals surface area (Å²) < 4.78 is 0. The molecule has 0 unspecified atom stereocenters. The first kappa shape index (κ1) is 6.20. The number of allylic oxidation sites excluding steroid dienone is 1. The van der Waals surface area contributed by atoms with Gasteiger partial charge in [0.1, 0.15) is 0 Å². The first-order valence-corrected chi connectivity index (χ1v) is 2.91. The molecule has 48 valence electrons. The van der Waals surface area contributed by atoms with Gasteiger partial charge in [0.15, 0.2) is 0 Å². The molecule has 1 heterocycles. The van der Waals surface area contributed by atoms with E-state index >= 15 is 0 Å². The van der Waals surface area contributed by atoms with Gasteiger partial charge in [0.05, 0.1) is 11.2 Å². The molecule has 1 rings (SSSR count). The van der Waals surface area contributed by atoms with Gasteiger partial charge >= 0.3 is 0 Å². The van der Waals surface area contributed by atoms with Crippen molar-refractivity contribution >= 4 is 0 Å². The standard InChI is InChI=1S/C7H10N2/c1-6-4-5-7(2,3)9-8-6/h4-5H,1H2,2-3H3. The Kier molecular flexibility index (Phi) is 1.24. The highest BCUT2D eigenvalue weighted by atomic mass is 15.2. The van der Waals surface area contributed by atoms with Crippen molar-refractivity contribution in [3.63, 3.8) is 0 Å². The van der Waals surface area contributed by atoms with Gasteiger partial charge in [-0.3, -0.25) is 0 Å². The van der Waals surface area contributed by atoms with Gasteiger partial charge in [-0.15, -0.1) is 0 Å². The average molecular weight is 122 g/mol. The second-order valence-corrected chi connectivity index (χ2v) is 2.68. The van der Waals surface area contributed by atoms with E-state index in [-0.39, 0.29) is 5.54 Å². The molecule has 0 amide bonds. The Hall–Kier alpha value is -0.920. The second-order valence-electron chi connectivity index (χ2n) is 2.68. The molecule has 0 fully saturated rings. The molecule has 0 aromatic rings. The molecule has 0 bridgehead atoms. The predicted octanol–water partition coefficient (Wildman–Crippen LogP) is 2.30. The maximum absolute atomic E-state index is 3.98. The Morgan fingerprint density at radius 1 is 1.56 bits per heavy atom. The predicted molar refractivity (Wildman–Crippen MR) is 37.2 cm³/mol. The summed E-state index contributed by atoms with van der Waals surface area (Å²) in [4.78, 5) is 0. The lowest BCUT2D eigenvalue weighted by molar-refractivity contribution is 0.604. The molecule has 0 saturated carbocycles. The number of hydrogen-bond acceptors (Lipinski definition) is 2. The fourth-order valence-electron chi connectivity index (χ4n) is 0.560. The van der Waals surface area contributed by atoms with Gasteiger partial charge < -0.3 is 0 Å². The van der Waals surface area contributed by atoms with E-state index in [0.717, 1.165) is 5.70 Å². The monoisotopic (exact) mass is 122 g/mol. The van der Waals surface area contributed by atoms with Crippen LogP contribution in [-0.2, 0) is 0 Å². The lowest BCUT2D eigenvalue weighted by Gasteiger charge is -2.14. The van der Waals surface area contributed by atoms with E-state index in [9.17, 15) is 0 Å². The largest absolute Gasteiger partial charge is 0.178 e. The Balaban J connectivity index is 2.82. The summed E-state index contributed by atoms with van der Waals surface area (Å²) in [6.07, 6.45) is 3.87. The minimum absolute atomic E-state index is 0.124. The van der Waals surface area contributed by atoms with Crippen LogP contribution in [-0.4, -0.2) is 5.54 Å². The Morgan fingerprint density at radius 3 is 2.56 bits per heavy atom. The molecule has 0 aromatic carbocycles. The molecule has 9 heavy (non-hydrogen) atoms. The number of azo groups is 1. The van der Waals surface area contributed by atoms with E-state index in [2.05, 4.69) is 16.8 Å². The Labute approximate surface area is 55.0 Å². The van der Waals surface area contributed by atoms with Gasteiger partial charge in [-0.25, -0.2) is 0 Å². The molecule has 2 heteroatoms. The summed E-state index contributed by atoms with van der Waals surface area (Å²) in [5, 5.41) is 7.81. The molecule has 0 radical (unpaired) electrons. The van der Waals surface area contributed by atoms with Gasteiger partial charge in [-0.05, 0) is 19.9 Å². The van der Waals surface area contributed by atoms with Crippen LogP contribution in [0.2, 0.25) is 0 Å². The summed E-state index contributed by atoms with van der Waals surface area (Å²) in [6, 6.07) is 0. The van der Waals surface area contributed by atoms with Crippen LogP contribution in [0.3, 0.4) is 0 Å². The van der Waals surface area contributed by atoms with Crippen molar-refractivity contribution in [2.24, 2.45) is 10.2 Å². The van der Waals surface area contributed by atoms with Gasteiger partial charge in [0, 0.05) is 0 Å². The van der Waals surface area contributed by atoms with Crippen LogP contribution in [0.15, 0.2) is 34.7 Å². The quantitative estimate of drug-likeness (QED) is 0.471. The molecule has 0 aliphatic carbocycles. The van der Waals surface area contributed by atoms with Gasteiger partial charge in [-0.2, -0.15) is 10.2 Å². The first-order chi connectivity index (χ1) is 4.10. The van der Waals surface area contributed by atoms with Crippen molar-refractivity contribution < 1.29 is 0 Å². The fourth-order valence-corrected chi connectivity index (χ4v) is 0.560. The van der Waals surface area contributed by atoms with Crippen LogP contribution in [0.1, 0.15) is 13.8 Å². The zero-order valence-electron chi connectivity index (χ0n) is 5.76. The maximum Gasteiger partial charge on any atom is 0.0947 e. The lowest BCUT2D eigenvalue weighted by atomic mass is 10.1. The van der Waals surface area contributed by atoms with E-state index < -0.39 is 0 Å². The van der Waals surface area contributed by atoms with Gasteiger partial charge in [0.25, 0.3) is 0 Å². The molecule has 0 aromatic heterocycles. The third-order valence-electron chi connectivity index (χ3n) is 1.12. The third kappa shape index (κ3) is 1.49. The summed E-state index contributed by atoms with van der Waals surface area (Å²) >= 11 is 0. The zero-order chi connectivity index (χ0) is 6.91. The zero-order valence-corrected chi connectivity index (χ0v) is 5.76. The molecule has 0 spiro atoms. The molecule has 1 aliphatic rings. The first-order valence-electron chi connectivity index (χ1n) is 2.91. The molecule has 0 saturated heterocycles. The van der Waals surface area contributed by atoms with Crippen LogP contribution in [0.5, 0.6) is 0 Å². The highest BCUT2D eigenvalue weighted by molar-refractivity contribution is 5.20. The topological polar surface area (TPSA) is 24.7 Å². The fraction of sp³-hybridized carbons (Fsp3) is 0.429. The summed E-state index contributed by atoms with van der Waals surface area (Å²) in [7, 11) is 0. The lowest BCUT2D eigenvalue weighted by Crippen LogP contribution is -2.13. The summed E-state index contributed by atoms with van der Waals surface area (Å²) in [5.41, 5.74) is 0.607. The van der Waals surface area contributed by atoms with E-state index in [1.165, 1.54) is 0 Å². The molecular weight excluding hydrogens is 112 g/mol. The SMILES string of the molecule is C=C1C=CC(C)(C)N=N1. The van der Waals surface area contributed by atoms with Crippen LogP contribution < -0.4 is 0 Å². The Bertz CT molecular complexity index is 169. The second kappa shape index (κ2) is 1.79. The maximum atomic E-state index is 3.98. The third-order valence-corrected chi connectivity index (χ3v) is 1.12. The molecule has 0 atom stereocenters. The van der Waals surface area contributed by atoms with Crippen molar-refractivity contribution in [3.05, 3.63) is 24.4 Å². The minimum atomic E-state index is -0.124. The average Bonchev–Trinajstić information content (AvgIpc) is 1.78. The molecular formula is C7H10N2. The minimum Gasteiger partial charge on any atom is -0.178 e. The highest BCUT2D eigenvalue weighted by Crippen LogP contribution is 2.18. The summed E-state index contributed by atoms with van der Waals surface area (Å²) in [5.74, 6) is 0. The molecule has 2 nitrogen and oxygen atoms in total. The smallest absolute Gasteiger partial charge is 0.0947 e. The molecule has 0 N–H and O–H groups in total. The van der Waals surface area contributed by atoms with Crippen LogP contribution in [0.4, 0.5) is 0 Å². The van der Waals surface area contributed by atoms with E-state index in [4.69, 9.17) is 0 Å². The van der Waals surface area contributed by atoms with Crippen molar-refractivity contribution in [1.82, 2.24) is 0 Å². The van der Waals surface area contributed by atoms with Crippen LogP contribution in [0.25, 0.3) is 0 Å². The normalized spacial score (nSPS) is 22.7. The van der Waals surface area contributed by atoms with Crippen LogP contribution in [0, 0.1) is 0 Å². The number of rotatable bonds is 0. The van der Waals surface area contributed by atoms with Gasteiger partial charge in [-0.1, -0.05) is 12.7 Å². The van der Waals surface area contributed by atoms with E-state index in [1.54, 1.807) is 0 Å². The summed E-state index contributed by atoms with van der Waals surface area (Å²) in [6.45, 7) is 7.63. The molecule has 1 aliphatic heterocycles. The van der Waals surface area contributed by atoms with E-state index in [0.29, 0.717) is 0 Å². The van der Waals surface area contributed by atoms with Crippen molar-refractivity contribution in [2.45, 2.75) is 19.4 Å². The van der Waals surface area contributed by atoms with Crippen LogP contribution >= 0.6 is 0 Å². The number of hydrogen-bond donors (Lipinski definition) is 0. The van der Waals surface area contributed by atoms with Crippen molar-refractivity contribution in [1.29, 1.82) is 0 Å².